The van der Waals surface area contributed by atoms with Gasteiger partial charge in [-0.25, -0.2) is 5.10 Å². The first-order valence-electron chi connectivity index (χ1n) is 9.41. The van der Waals surface area contributed by atoms with Crippen LogP contribution in [-0.2, 0) is 5.41 Å². The summed E-state index contributed by atoms with van der Waals surface area (Å²) in [6.45, 7) is 6.56. The van der Waals surface area contributed by atoms with Crippen molar-refractivity contribution in [2.24, 2.45) is 5.10 Å². The number of nitrogens with one attached hydrogen (secondary N) is 1. The second-order valence-corrected chi connectivity index (χ2v) is 8.08. The molecule has 1 N–H and O–H groups in total. The van der Waals surface area contributed by atoms with Crippen LogP contribution in [0.25, 0.3) is 11.4 Å². The summed E-state index contributed by atoms with van der Waals surface area (Å²) in [7, 11) is 4.69. The highest BCUT2D eigenvalue weighted by Crippen LogP contribution is 2.40. The first kappa shape index (κ1) is 21.6. The molecule has 30 heavy (non-hydrogen) atoms. The number of hydrogen-bond donors (Lipinski definition) is 1. The molecule has 7 nitrogen and oxygen atoms in total. The van der Waals surface area contributed by atoms with Gasteiger partial charge < -0.3 is 14.2 Å². The van der Waals surface area contributed by atoms with Gasteiger partial charge in [0.2, 0.25) is 10.5 Å². The van der Waals surface area contributed by atoms with Gasteiger partial charge >= 0.3 is 0 Å². The fourth-order valence-electron chi connectivity index (χ4n) is 2.99. The maximum atomic E-state index is 5.44. The van der Waals surface area contributed by atoms with Gasteiger partial charge in [-0.05, 0) is 40.9 Å². The van der Waals surface area contributed by atoms with E-state index in [1.807, 2.05) is 12.1 Å². The molecule has 3 rings (SSSR count). The van der Waals surface area contributed by atoms with E-state index in [4.69, 9.17) is 26.4 Å². The molecule has 0 atom stereocenters. The quantitative estimate of drug-likeness (QED) is 0.452. The molecule has 158 valence electrons. The third-order valence-corrected chi connectivity index (χ3v) is 4.94. The van der Waals surface area contributed by atoms with Crippen LogP contribution in [0.3, 0.4) is 0 Å². The van der Waals surface area contributed by atoms with Crippen LogP contribution in [0.1, 0.15) is 31.9 Å². The van der Waals surface area contributed by atoms with E-state index in [0.717, 1.165) is 11.1 Å². The van der Waals surface area contributed by atoms with Crippen molar-refractivity contribution in [3.63, 3.8) is 0 Å². The lowest BCUT2D eigenvalue weighted by Crippen LogP contribution is -2.10. The Hall–Kier alpha value is -3.13. The molecule has 1 aromatic heterocycles. The third-order valence-electron chi connectivity index (χ3n) is 4.67. The Labute approximate surface area is 181 Å². The lowest BCUT2D eigenvalue weighted by molar-refractivity contribution is 0.324. The zero-order valence-corrected chi connectivity index (χ0v) is 18.8. The minimum atomic E-state index is 0.0996. The van der Waals surface area contributed by atoms with Gasteiger partial charge in [0, 0.05) is 5.56 Å². The number of ether oxygens (including phenoxy) is 3. The van der Waals surface area contributed by atoms with Gasteiger partial charge in [0.25, 0.3) is 0 Å². The molecule has 3 aromatic rings. The van der Waals surface area contributed by atoms with Crippen molar-refractivity contribution in [3.05, 3.63) is 52.3 Å². The number of methoxy groups -OCH3 is 3. The van der Waals surface area contributed by atoms with E-state index in [1.54, 1.807) is 44.4 Å². The standard InChI is InChI=1S/C22H26N4O3S/c1-22(2,3)16-9-7-14(8-10-16)13-23-26-20(24-25-21(26)30)15-11-17(27-4)19(29-6)18(12-15)28-5/h7-13H,1-6H3,(H,25,30)/b23-13+. The normalized spacial score (nSPS) is 11.7. The Balaban J connectivity index is 2.00. The van der Waals surface area contributed by atoms with Gasteiger partial charge in [-0.15, -0.1) is 0 Å². The van der Waals surface area contributed by atoms with Crippen LogP contribution in [0.2, 0.25) is 0 Å². The SMILES string of the molecule is COc1cc(-c2n[nH]c(=S)n2/N=C/c2ccc(C(C)(C)C)cc2)cc(OC)c1OC. The van der Waals surface area contributed by atoms with E-state index in [-0.39, 0.29) is 5.41 Å². The molecule has 2 aromatic carbocycles. The molecule has 0 fully saturated rings. The highest BCUT2D eigenvalue weighted by atomic mass is 32.1. The number of nitrogens with zero attached hydrogens (tertiary/aromatic N) is 3. The summed E-state index contributed by atoms with van der Waals surface area (Å²) in [5.41, 5.74) is 3.04. The monoisotopic (exact) mass is 426 g/mol. The van der Waals surface area contributed by atoms with Gasteiger partial charge in [-0.3, -0.25) is 0 Å². The number of hydrogen-bond acceptors (Lipinski definition) is 6. The van der Waals surface area contributed by atoms with Crippen LogP contribution in [0.4, 0.5) is 0 Å². The predicted octanol–water partition coefficient (Wildman–Crippen LogP) is 4.81. The molecule has 0 aliphatic heterocycles. The Morgan fingerprint density at radius 2 is 1.60 bits per heavy atom. The first-order chi connectivity index (χ1) is 14.3. The maximum Gasteiger partial charge on any atom is 0.216 e. The summed E-state index contributed by atoms with van der Waals surface area (Å²) in [6, 6.07) is 11.9. The average Bonchev–Trinajstić information content (AvgIpc) is 3.11. The van der Waals surface area contributed by atoms with Gasteiger partial charge in [0.1, 0.15) is 0 Å². The minimum Gasteiger partial charge on any atom is -0.493 e. The Morgan fingerprint density at radius 1 is 1.00 bits per heavy atom. The van der Waals surface area contributed by atoms with Crippen LogP contribution in [0, 0.1) is 4.77 Å². The number of benzene rings is 2. The largest absolute Gasteiger partial charge is 0.493 e. The fourth-order valence-corrected chi connectivity index (χ4v) is 3.17. The average molecular weight is 427 g/mol. The number of aromatic amines is 1. The molecule has 0 aliphatic carbocycles. The van der Waals surface area contributed by atoms with Gasteiger partial charge in [0.15, 0.2) is 17.3 Å². The molecule has 0 saturated carbocycles. The van der Waals surface area contributed by atoms with E-state index in [2.05, 4.69) is 48.2 Å². The topological polar surface area (TPSA) is 73.7 Å². The van der Waals surface area contributed by atoms with Crippen molar-refractivity contribution >= 4 is 18.4 Å². The number of H-pyrrole nitrogens is 1. The van der Waals surface area contributed by atoms with Crippen molar-refractivity contribution in [1.29, 1.82) is 0 Å². The molecule has 0 unspecified atom stereocenters. The predicted molar refractivity (Wildman–Crippen MR) is 121 cm³/mol. The molecule has 8 heteroatoms. The Kier molecular flexibility index (Phi) is 6.26. The summed E-state index contributed by atoms with van der Waals surface area (Å²) in [6.07, 6.45) is 1.75. The molecule has 0 spiro atoms. The smallest absolute Gasteiger partial charge is 0.216 e. The Bertz CT molecular complexity index is 1080. The molecule has 0 saturated heterocycles. The van der Waals surface area contributed by atoms with Crippen LogP contribution in [0.15, 0.2) is 41.5 Å². The van der Waals surface area contributed by atoms with E-state index in [1.165, 1.54) is 5.56 Å². The van der Waals surface area contributed by atoms with Crippen LogP contribution in [0.5, 0.6) is 17.2 Å². The van der Waals surface area contributed by atoms with Gasteiger partial charge in [-0.1, -0.05) is 45.0 Å². The van der Waals surface area contributed by atoms with E-state index < -0.39 is 0 Å². The second-order valence-electron chi connectivity index (χ2n) is 7.69. The molecule has 0 aliphatic rings. The van der Waals surface area contributed by atoms with Crippen LogP contribution >= 0.6 is 12.2 Å². The summed E-state index contributed by atoms with van der Waals surface area (Å²) in [4.78, 5) is 0. The van der Waals surface area contributed by atoms with Crippen molar-refractivity contribution in [1.82, 2.24) is 14.9 Å². The van der Waals surface area contributed by atoms with E-state index >= 15 is 0 Å². The second kappa shape index (κ2) is 8.71. The molecular weight excluding hydrogens is 400 g/mol. The molecule has 0 radical (unpaired) electrons. The lowest BCUT2D eigenvalue weighted by Gasteiger charge is -2.18. The lowest BCUT2D eigenvalue weighted by atomic mass is 9.87. The van der Waals surface area contributed by atoms with Crippen molar-refractivity contribution < 1.29 is 14.2 Å². The van der Waals surface area contributed by atoms with Crippen molar-refractivity contribution in [2.45, 2.75) is 26.2 Å². The minimum absolute atomic E-state index is 0.0996. The number of aromatic nitrogens is 3. The summed E-state index contributed by atoms with van der Waals surface area (Å²) >= 11 is 5.37. The van der Waals surface area contributed by atoms with Crippen LogP contribution in [-0.4, -0.2) is 42.4 Å². The summed E-state index contributed by atoms with van der Waals surface area (Å²) < 4.78 is 18.2. The molecule has 0 amide bonds. The zero-order chi connectivity index (χ0) is 21.9. The highest BCUT2D eigenvalue weighted by Gasteiger charge is 2.17. The van der Waals surface area contributed by atoms with Crippen molar-refractivity contribution in [3.8, 4) is 28.6 Å². The van der Waals surface area contributed by atoms with Gasteiger partial charge in [-0.2, -0.15) is 14.9 Å². The number of rotatable bonds is 6. The molecule has 1 heterocycles. The summed E-state index contributed by atoms with van der Waals surface area (Å²) in [5.74, 6) is 2.08. The third kappa shape index (κ3) is 4.38. The van der Waals surface area contributed by atoms with Crippen molar-refractivity contribution in [2.75, 3.05) is 21.3 Å². The summed E-state index contributed by atoms with van der Waals surface area (Å²) in [5, 5.41) is 11.7. The highest BCUT2D eigenvalue weighted by molar-refractivity contribution is 7.71. The first-order valence-corrected chi connectivity index (χ1v) is 9.82. The molecular formula is C22H26N4O3S. The Morgan fingerprint density at radius 3 is 2.10 bits per heavy atom. The zero-order valence-electron chi connectivity index (χ0n) is 18.0. The van der Waals surface area contributed by atoms with E-state index in [0.29, 0.717) is 27.8 Å². The molecule has 0 bridgehead atoms. The fraction of sp³-hybridized carbons (Fsp3) is 0.318. The van der Waals surface area contributed by atoms with E-state index in [9.17, 15) is 0 Å². The van der Waals surface area contributed by atoms with Gasteiger partial charge in [0.05, 0.1) is 27.5 Å². The maximum absolute atomic E-state index is 5.44. The van der Waals surface area contributed by atoms with Crippen LogP contribution < -0.4 is 14.2 Å².